The highest BCUT2D eigenvalue weighted by Gasteiger charge is 2.02. The minimum atomic E-state index is 0. The average Bonchev–Trinajstić information content (AvgIpc) is 2.82. The molecule has 0 unspecified atom stereocenters. The van der Waals surface area contributed by atoms with Crippen molar-refractivity contribution in [3.63, 3.8) is 0 Å². The summed E-state index contributed by atoms with van der Waals surface area (Å²) in [5.74, 6) is 13.0. The summed E-state index contributed by atoms with van der Waals surface area (Å²) in [5, 5.41) is 4.87. The third-order valence-electron chi connectivity index (χ3n) is 5.09. The summed E-state index contributed by atoms with van der Waals surface area (Å²) < 4.78 is 0. The maximum atomic E-state index is 3.27. The predicted molar refractivity (Wildman–Crippen MR) is 133 cm³/mol. The van der Waals surface area contributed by atoms with Crippen LogP contribution in [0.5, 0.6) is 0 Å². The minimum Gasteiger partial charge on any atom is -0.0776 e. The number of hydrogen-bond donors (Lipinski definition) is 0. The molecule has 0 nitrogen and oxygen atoms in total. The van der Waals surface area contributed by atoms with Crippen molar-refractivity contribution in [2.24, 2.45) is 0 Å². The molecule has 0 bridgehead atoms. The Morgan fingerprint density at radius 3 is 1.16 bits per heavy atom. The van der Waals surface area contributed by atoms with Gasteiger partial charge in [-0.25, -0.2) is 0 Å². The van der Waals surface area contributed by atoms with Crippen LogP contribution in [0.2, 0.25) is 0 Å². The molecule has 0 atom stereocenters. The van der Waals surface area contributed by atoms with Gasteiger partial charge in [0.25, 0.3) is 0 Å². The zero-order valence-electron chi connectivity index (χ0n) is 16.4. The highest BCUT2D eigenvalue weighted by molar-refractivity contribution is 6.08. The van der Waals surface area contributed by atoms with Gasteiger partial charge in [-0.15, -0.1) is 0 Å². The molecule has 0 radical (unpaired) electrons. The van der Waals surface area contributed by atoms with E-state index in [1.807, 2.05) is 60.7 Å². The largest absolute Gasteiger partial charge is 0.0776 e. The fourth-order valence-corrected chi connectivity index (χ4v) is 3.56. The smallest absolute Gasteiger partial charge is 0.0255 e. The van der Waals surface area contributed by atoms with E-state index >= 15 is 0 Å². The van der Waals surface area contributed by atoms with Crippen molar-refractivity contribution in [2.75, 3.05) is 0 Å². The fourth-order valence-electron chi connectivity index (χ4n) is 3.56. The van der Waals surface area contributed by atoms with E-state index in [-0.39, 0.29) is 7.43 Å². The Bertz CT molecular complexity index is 1350. The van der Waals surface area contributed by atoms with Crippen LogP contribution in [0.3, 0.4) is 0 Å². The van der Waals surface area contributed by atoms with Crippen LogP contribution in [0.4, 0.5) is 0 Å². The molecule has 0 aliphatic carbocycles. The lowest BCUT2D eigenvalue weighted by Gasteiger charge is -2.05. The van der Waals surface area contributed by atoms with Gasteiger partial charge in [-0.1, -0.05) is 91.8 Å². The summed E-state index contributed by atoms with van der Waals surface area (Å²) in [6, 6.07) is 37.3. The fraction of sp³-hybridized carbons (Fsp3) is 0.0323. The van der Waals surface area contributed by atoms with Gasteiger partial charge >= 0.3 is 0 Å². The second kappa shape index (κ2) is 9.04. The molecule has 0 heterocycles. The molecule has 0 saturated heterocycles. The molecule has 5 aromatic carbocycles. The highest BCUT2D eigenvalue weighted by Crippen LogP contribution is 2.27. The molecule has 31 heavy (non-hydrogen) atoms. The van der Waals surface area contributed by atoms with E-state index in [0.29, 0.717) is 0 Å². The maximum Gasteiger partial charge on any atom is 0.0255 e. The Balaban J connectivity index is 0.00000231. The molecule has 5 aromatic rings. The van der Waals surface area contributed by atoms with E-state index in [1.165, 1.54) is 21.5 Å². The molecule has 0 amide bonds. The summed E-state index contributed by atoms with van der Waals surface area (Å²) >= 11 is 0. The van der Waals surface area contributed by atoms with E-state index in [4.69, 9.17) is 0 Å². The number of benzene rings is 5. The lowest BCUT2D eigenvalue weighted by atomic mass is 9.98. The lowest BCUT2D eigenvalue weighted by Crippen LogP contribution is -1.82. The predicted octanol–water partition coefficient (Wildman–Crippen LogP) is 7.43. The molecule has 0 heteroatoms. The standard InChI is InChI=1S/C30H18.CH4/c1-3-7-23(8-4-1)11-13-25-15-19-29-27(21-25)17-18-28-22-26(16-20-30(28)29)14-12-24-9-5-2-6-10-24;/h1-10,15-22H;1H4. The van der Waals surface area contributed by atoms with Crippen LogP contribution in [0.25, 0.3) is 21.5 Å². The quantitative estimate of drug-likeness (QED) is 0.189. The number of hydrogen-bond acceptors (Lipinski definition) is 0. The first-order valence-corrected chi connectivity index (χ1v) is 9.96. The topological polar surface area (TPSA) is 0 Å². The van der Waals surface area contributed by atoms with Crippen LogP contribution >= 0.6 is 0 Å². The molecular weight excluding hydrogens is 372 g/mol. The second-order valence-electron chi connectivity index (χ2n) is 7.17. The Hall–Kier alpha value is -4.26. The lowest BCUT2D eigenvalue weighted by molar-refractivity contribution is 1.64. The third kappa shape index (κ3) is 4.51. The van der Waals surface area contributed by atoms with Gasteiger partial charge in [0.2, 0.25) is 0 Å². The van der Waals surface area contributed by atoms with Crippen molar-refractivity contribution in [3.8, 4) is 23.7 Å². The van der Waals surface area contributed by atoms with Gasteiger partial charge in [-0.05, 0) is 70.1 Å². The average molecular weight is 395 g/mol. The van der Waals surface area contributed by atoms with Gasteiger partial charge in [-0.2, -0.15) is 0 Å². The maximum absolute atomic E-state index is 3.27. The normalized spacial score (nSPS) is 9.81. The molecule has 0 aromatic heterocycles. The molecule has 0 aliphatic heterocycles. The first kappa shape index (κ1) is 20.0. The van der Waals surface area contributed by atoms with Crippen LogP contribution in [0, 0.1) is 23.7 Å². The first-order chi connectivity index (χ1) is 14.8. The van der Waals surface area contributed by atoms with Crippen LogP contribution in [-0.4, -0.2) is 0 Å². The van der Waals surface area contributed by atoms with Crippen molar-refractivity contribution in [1.82, 2.24) is 0 Å². The van der Waals surface area contributed by atoms with E-state index in [9.17, 15) is 0 Å². The summed E-state index contributed by atoms with van der Waals surface area (Å²) in [4.78, 5) is 0. The molecule has 0 fully saturated rings. The molecule has 0 aliphatic rings. The first-order valence-electron chi connectivity index (χ1n) is 9.96. The van der Waals surface area contributed by atoms with Crippen LogP contribution < -0.4 is 0 Å². The second-order valence-corrected chi connectivity index (χ2v) is 7.17. The van der Waals surface area contributed by atoms with Gasteiger partial charge in [0, 0.05) is 22.3 Å². The summed E-state index contributed by atoms with van der Waals surface area (Å²) in [6.45, 7) is 0. The molecule has 146 valence electrons. The van der Waals surface area contributed by atoms with Crippen molar-refractivity contribution in [1.29, 1.82) is 0 Å². The van der Waals surface area contributed by atoms with Gasteiger partial charge in [0.15, 0.2) is 0 Å². The molecule has 0 saturated carbocycles. The Labute approximate surface area is 184 Å². The van der Waals surface area contributed by atoms with Gasteiger partial charge in [0.05, 0.1) is 0 Å². The zero-order valence-corrected chi connectivity index (χ0v) is 16.4. The van der Waals surface area contributed by atoms with Gasteiger partial charge in [-0.3, -0.25) is 0 Å². The monoisotopic (exact) mass is 394 g/mol. The van der Waals surface area contributed by atoms with Crippen molar-refractivity contribution < 1.29 is 0 Å². The van der Waals surface area contributed by atoms with Crippen LogP contribution in [0.1, 0.15) is 29.7 Å². The SMILES string of the molecule is C.C(#Cc1ccc2c(ccc3cc(C#Cc4ccccc4)ccc32)c1)c1ccccc1. The molecular formula is C31H22. The Morgan fingerprint density at radius 2 is 0.742 bits per heavy atom. The van der Waals surface area contributed by atoms with Crippen LogP contribution in [-0.2, 0) is 0 Å². The Morgan fingerprint density at radius 1 is 0.355 bits per heavy atom. The minimum absolute atomic E-state index is 0. The molecule has 0 N–H and O–H groups in total. The summed E-state index contributed by atoms with van der Waals surface area (Å²) in [5.41, 5.74) is 4.10. The van der Waals surface area contributed by atoms with Crippen molar-refractivity contribution in [2.45, 2.75) is 7.43 Å². The molecule has 0 spiro atoms. The zero-order chi connectivity index (χ0) is 20.2. The Kier molecular flexibility index (Phi) is 5.84. The van der Waals surface area contributed by atoms with Gasteiger partial charge < -0.3 is 0 Å². The molecule has 5 rings (SSSR count). The van der Waals surface area contributed by atoms with E-state index in [0.717, 1.165) is 22.3 Å². The van der Waals surface area contributed by atoms with E-state index < -0.39 is 0 Å². The van der Waals surface area contributed by atoms with E-state index in [1.54, 1.807) is 0 Å². The summed E-state index contributed by atoms with van der Waals surface area (Å²) in [6.07, 6.45) is 0. The van der Waals surface area contributed by atoms with Gasteiger partial charge in [0.1, 0.15) is 0 Å². The number of fused-ring (bicyclic) bond motifs is 3. The van der Waals surface area contributed by atoms with Crippen molar-refractivity contribution >= 4 is 21.5 Å². The van der Waals surface area contributed by atoms with Crippen molar-refractivity contribution in [3.05, 3.63) is 131 Å². The van der Waals surface area contributed by atoms with Crippen LogP contribution in [0.15, 0.2) is 109 Å². The summed E-state index contributed by atoms with van der Waals surface area (Å²) in [7, 11) is 0. The third-order valence-corrected chi connectivity index (χ3v) is 5.09. The number of rotatable bonds is 0. The van der Waals surface area contributed by atoms with E-state index in [2.05, 4.69) is 72.2 Å². The highest BCUT2D eigenvalue weighted by atomic mass is 14.1.